The van der Waals surface area contributed by atoms with Gasteiger partial charge in [-0.15, -0.1) is 0 Å². The number of anilines is 1. The second kappa shape index (κ2) is 10.8. The fraction of sp³-hybridized carbons (Fsp3) is 0.519. The van der Waals surface area contributed by atoms with Crippen molar-refractivity contribution in [1.29, 1.82) is 0 Å². The number of unbranched alkanes of at least 4 members (excludes halogenated alkanes) is 1. The Bertz CT molecular complexity index is 931. The molecule has 4 nitrogen and oxygen atoms in total. The van der Waals surface area contributed by atoms with E-state index in [0.717, 1.165) is 50.1 Å². The van der Waals surface area contributed by atoms with Crippen LogP contribution in [0.4, 0.5) is 5.69 Å². The predicted octanol–water partition coefficient (Wildman–Crippen LogP) is 5.29. The lowest BCUT2D eigenvalue weighted by Gasteiger charge is -2.36. The Labute approximate surface area is 187 Å². The van der Waals surface area contributed by atoms with Crippen LogP contribution in [0.3, 0.4) is 0 Å². The Kier molecular flexibility index (Phi) is 8.14. The van der Waals surface area contributed by atoms with E-state index >= 15 is 0 Å². The van der Waals surface area contributed by atoms with Crippen LogP contribution >= 0.6 is 0 Å². The number of hydrogen-bond acceptors (Lipinski definition) is 4. The zero-order chi connectivity index (χ0) is 22.4. The molecule has 0 saturated carbocycles. The number of aryl methyl sites for hydroxylation is 2. The van der Waals surface area contributed by atoms with Crippen LogP contribution in [0.5, 0.6) is 5.75 Å². The second-order valence-corrected chi connectivity index (χ2v) is 9.11. The molecule has 0 N–H and O–H groups in total. The number of hydrogen-bond donors (Lipinski definition) is 0. The predicted molar refractivity (Wildman–Crippen MR) is 131 cm³/mol. The van der Waals surface area contributed by atoms with Gasteiger partial charge in [-0.25, -0.2) is 0 Å². The molecule has 0 radical (unpaired) electrons. The molecule has 0 bridgehead atoms. The van der Waals surface area contributed by atoms with E-state index < -0.39 is 0 Å². The van der Waals surface area contributed by atoms with Crippen LogP contribution in [-0.4, -0.2) is 37.7 Å². The molecule has 0 unspecified atom stereocenters. The first-order valence-electron chi connectivity index (χ1n) is 11.7. The second-order valence-electron chi connectivity index (χ2n) is 9.11. The molecule has 0 aliphatic carbocycles. The van der Waals surface area contributed by atoms with Gasteiger partial charge in [0.05, 0.1) is 6.61 Å². The zero-order valence-electron chi connectivity index (χ0n) is 19.9. The van der Waals surface area contributed by atoms with Gasteiger partial charge in [-0.05, 0) is 49.4 Å². The molecule has 0 atom stereocenters. The number of piperazine rings is 1. The molecule has 0 spiro atoms. The molecule has 1 fully saturated rings. The molecule has 0 aromatic heterocycles. The Morgan fingerprint density at radius 2 is 1.74 bits per heavy atom. The van der Waals surface area contributed by atoms with Crippen molar-refractivity contribution in [3.05, 3.63) is 68.9 Å². The minimum atomic E-state index is 0.0415. The first-order valence-corrected chi connectivity index (χ1v) is 11.7. The molecular formula is C27H38N2O2. The molecular weight excluding hydrogens is 384 g/mol. The molecule has 168 valence electrons. The Morgan fingerprint density at radius 3 is 2.39 bits per heavy atom. The number of nitrogens with zero attached hydrogens (tertiary/aromatic N) is 2. The van der Waals surface area contributed by atoms with Crippen LogP contribution in [-0.2, 0) is 6.54 Å². The SMILES string of the molecule is CCCCOc1cc(C(C)C)ccc(CN2CCN(c3ccc(C)cc3C)CC2)c1=O. The summed E-state index contributed by atoms with van der Waals surface area (Å²) in [7, 11) is 0. The summed E-state index contributed by atoms with van der Waals surface area (Å²) in [5.74, 6) is 0.862. The third-order valence-corrected chi connectivity index (χ3v) is 6.17. The first-order chi connectivity index (χ1) is 14.9. The fourth-order valence-electron chi connectivity index (χ4n) is 4.16. The third-order valence-electron chi connectivity index (χ3n) is 6.17. The molecule has 0 amide bonds. The number of benzene rings is 1. The van der Waals surface area contributed by atoms with Gasteiger partial charge >= 0.3 is 0 Å². The van der Waals surface area contributed by atoms with Crippen LogP contribution in [0.2, 0.25) is 0 Å². The summed E-state index contributed by atoms with van der Waals surface area (Å²) < 4.78 is 5.92. The van der Waals surface area contributed by atoms with Crippen molar-refractivity contribution in [2.75, 3.05) is 37.7 Å². The quantitative estimate of drug-likeness (QED) is 0.541. The lowest BCUT2D eigenvalue weighted by Crippen LogP contribution is -2.46. The van der Waals surface area contributed by atoms with E-state index in [9.17, 15) is 4.79 Å². The lowest BCUT2D eigenvalue weighted by atomic mass is 10.1. The number of ether oxygens (including phenoxy) is 1. The molecule has 1 heterocycles. The van der Waals surface area contributed by atoms with Crippen LogP contribution in [0, 0.1) is 13.8 Å². The topological polar surface area (TPSA) is 32.8 Å². The van der Waals surface area contributed by atoms with E-state index in [-0.39, 0.29) is 5.43 Å². The summed E-state index contributed by atoms with van der Waals surface area (Å²) in [6, 6.07) is 12.7. The fourth-order valence-corrected chi connectivity index (χ4v) is 4.16. The average molecular weight is 423 g/mol. The van der Waals surface area contributed by atoms with E-state index in [0.29, 0.717) is 24.8 Å². The van der Waals surface area contributed by atoms with Gasteiger partial charge in [0.15, 0.2) is 5.75 Å². The summed E-state index contributed by atoms with van der Waals surface area (Å²) >= 11 is 0. The Morgan fingerprint density at radius 1 is 1.00 bits per heavy atom. The summed E-state index contributed by atoms with van der Waals surface area (Å²) in [4.78, 5) is 18.1. The third kappa shape index (κ3) is 6.10. The summed E-state index contributed by atoms with van der Waals surface area (Å²) in [5, 5.41) is 0. The zero-order valence-corrected chi connectivity index (χ0v) is 19.9. The Hall–Kier alpha value is -2.33. The van der Waals surface area contributed by atoms with Crippen molar-refractivity contribution in [1.82, 2.24) is 4.90 Å². The molecule has 2 aromatic carbocycles. The van der Waals surface area contributed by atoms with Crippen molar-refractivity contribution in [2.24, 2.45) is 0 Å². The van der Waals surface area contributed by atoms with E-state index in [2.05, 4.69) is 68.7 Å². The number of rotatable bonds is 8. The van der Waals surface area contributed by atoms with Gasteiger partial charge < -0.3 is 9.64 Å². The van der Waals surface area contributed by atoms with E-state index in [4.69, 9.17) is 4.74 Å². The van der Waals surface area contributed by atoms with E-state index in [1.54, 1.807) is 0 Å². The first kappa shape index (κ1) is 23.3. The maximum atomic E-state index is 13.2. The van der Waals surface area contributed by atoms with Gasteiger partial charge in [0.25, 0.3) is 0 Å². The Balaban J connectivity index is 1.73. The molecule has 1 aliphatic heterocycles. The van der Waals surface area contributed by atoms with Crippen LogP contribution in [0.1, 0.15) is 61.8 Å². The van der Waals surface area contributed by atoms with E-state index in [1.165, 1.54) is 16.8 Å². The molecule has 1 aliphatic rings. The van der Waals surface area contributed by atoms with Gasteiger partial charge in [-0.1, -0.05) is 57.0 Å². The van der Waals surface area contributed by atoms with Crippen molar-refractivity contribution >= 4 is 5.69 Å². The minimum absolute atomic E-state index is 0.0415. The highest BCUT2D eigenvalue weighted by molar-refractivity contribution is 5.54. The van der Waals surface area contributed by atoms with Crippen molar-refractivity contribution in [3.8, 4) is 5.75 Å². The molecule has 31 heavy (non-hydrogen) atoms. The van der Waals surface area contributed by atoms with Gasteiger partial charge in [-0.2, -0.15) is 0 Å². The average Bonchev–Trinajstić information content (AvgIpc) is 2.89. The molecule has 3 rings (SSSR count). The smallest absolute Gasteiger partial charge is 0.224 e. The van der Waals surface area contributed by atoms with Crippen LogP contribution in [0.25, 0.3) is 0 Å². The largest absolute Gasteiger partial charge is 0.489 e. The van der Waals surface area contributed by atoms with Gasteiger partial charge in [-0.3, -0.25) is 9.69 Å². The standard InChI is InChI=1S/C27H38N2O2/c1-6-7-16-31-26-18-23(20(2)3)9-10-24(27(26)30)19-28-12-14-29(15-13-28)25-11-8-21(4)17-22(25)5/h8-11,17-18,20H,6-7,12-16,19H2,1-5H3. The van der Waals surface area contributed by atoms with Gasteiger partial charge in [0.2, 0.25) is 5.43 Å². The monoisotopic (exact) mass is 422 g/mol. The summed E-state index contributed by atoms with van der Waals surface area (Å²) in [6.45, 7) is 15.9. The molecule has 2 aromatic rings. The normalized spacial score (nSPS) is 14.8. The van der Waals surface area contributed by atoms with Gasteiger partial charge in [0.1, 0.15) is 0 Å². The molecule has 4 heteroatoms. The highest BCUT2D eigenvalue weighted by Gasteiger charge is 2.20. The van der Waals surface area contributed by atoms with Crippen molar-refractivity contribution in [2.45, 2.75) is 59.9 Å². The summed E-state index contributed by atoms with van der Waals surface area (Å²) in [5.41, 5.74) is 5.99. The van der Waals surface area contributed by atoms with Crippen LogP contribution in [0.15, 0.2) is 41.2 Å². The summed E-state index contributed by atoms with van der Waals surface area (Å²) in [6.07, 6.45) is 2.02. The van der Waals surface area contributed by atoms with Gasteiger partial charge in [0, 0.05) is 44.0 Å². The lowest BCUT2D eigenvalue weighted by molar-refractivity contribution is 0.248. The maximum absolute atomic E-state index is 13.2. The minimum Gasteiger partial charge on any atom is -0.489 e. The van der Waals surface area contributed by atoms with Crippen molar-refractivity contribution in [3.63, 3.8) is 0 Å². The van der Waals surface area contributed by atoms with Crippen LogP contribution < -0.4 is 15.1 Å². The highest BCUT2D eigenvalue weighted by Crippen LogP contribution is 2.23. The van der Waals surface area contributed by atoms with Crippen molar-refractivity contribution < 1.29 is 4.74 Å². The maximum Gasteiger partial charge on any atom is 0.224 e. The van der Waals surface area contributed by atoms with E-state index in [1.807, 2.05) is 12.1 Å². The molecule has 1 saturated heterocycles. The highest BCUT2D eigenvalue weighted by atomic mass is 16.5.